The average molecular weight is 272 g/mol. The van der Waals surface area contributed by atoms with E-state index < -0.39 is 0 Å². The van der Waals surface area contributed by atoms with Crippen molar-refractivity contribution in [3.05, 3.63) is 0 Å². The molecule has 0 saturated carbocycles. The van der Waals surface area contributed by atoms with E-state index in [-0.39, 0.29) is 0 Å². The van der Waals surface area contributed by atoms with Crippen molar-refractivity contribution < 1.29 is 4.74 Å². The van der Waals surface area contributed by atoms with Crippen LogP contribution in [-0.4, -0.2) is 75.4 Å². The predicted molar refractivity (Wildman–Crippen MR) is 80.3 cm³/mol. The second-order valence-corrected chi connectivity index (χ2v) is 5.29. The van der Waals surface area contributed by atoms with Crippen LogP contribution in [0.5, 0.6) is 0 Å². The maximum absolute atomic E-state index is 5.42. The number of hydrogen-bond acceptors (Lipinski definition) is 5. The number of nitrogens with zero attached hydrogens (tertiary/aromatic N) is 2. The monoisotopic (exact) mass is 272 g/mol. The van der Waals surface area contributed by atoms with Crippen LogP contribution >= 0.6 is 0 Å². The van der Waals surface area contributed by atoms with Crippen molar-refractivity contribution >= 4 is 0 Å². The van der Waals surface area contributed by atoms with Gasteiger partial charge in [-0.05, 0) is 45.4 Å². The smallest absolute Gasteiger partial charge is 0.0594 e. The maximum Gasteiger partial charge on any atom is 0.0594 e. The molecule has 0 spiro atoms. The van der Waals surface area contributed by atoms with Crippen molar-refractivity contribution in [2.45, 2.75) is 25.7 Å². The lowest BCUT2D eigenvalue weighted by Crippen LogP contribution is -2.37. The van der Waals surface area contributed by atoms with Crippen molar-refractivity contribution in [2.75, 3.05) is 65.6 Å². The van der Waals surface area contributed by atoms with Gasteiger partial charge in [0.2, 0.25) is 0 Å². The fraction of sp³-hybridized carbons (Fsp3) is 1.00. The van der Waals surface area contributed by atoms with Gasteiger partial charge in [0.1, 0.15) is 0 Å². The van der Waals surface area contributed by atoms with Crippen molar-refractivity contribution in [3.8, 4) is 0 Å². The number of morpholine rings is 1. The Kier molecular flexibility index (Phi) is 10.3. The quantitative estimate of drug-likeness (QED) is 0.743. The lowest BCUT2D eigenvalue weighted by Gasteiger charge is -2.26. The molecular weight excluding hydrogens is 240 g/mol. The highest BCUT2D eigenvalue weighted by Crippen LogP contribution is 2.06. The molecule has 2 saturated heterocycles. The van der Waals surface area contributed by atoms with Crippen molar-refractivity contribution in [1.29, 1.82) is 0 Å². The van der Waals surface area contributed by atoms with Crippen LogP contribution in [0, 0.1) is 0 Å². The molecule has 0 unspecified atom stereocenters. The standard InChI is InChI=1S/C7H16N2O.C7H16N2/c8-2-1-3-9-4-6-10-7-5-9;8-4-7-9-5-2-1-3-6-9/h1-8H2;1-8H2. The minimum atomic E-state index is 0.803. The molecule has 4 N–H and O–H groups in total. The second-order valence-electron chi connectivity index (χ2n) is 5.29. The maximum atomic E-state index is 5.42. The lowest BCUT2D eigenvalue weighted by molar-refractivity contribution is 0.0377. The summed E-state index contributed by atoms with van der Waals surface area (Å²) in [4.78, 5) is 4.85. The van der Waals surface area contributed by atoms with E-state index in [0.717, 1.165) is 58.9 Å². The summed E-state index contributed by atoms with van der Waals surface area (Å²) in [6, 6.07) is 0. The molecule has 19 heavy (non-hydrogen) atoms. The Bertz CT molecular complexity index is 189. The number of piperidine rings is 1. The Morgan fingerprint density at radius 2 is 1.37 bits per heavy atom. The molecule has 2 rings (SSSR count). The zero-order valence-corrected chi connectivity index (χ0v) is 12.4. The highest BCUT2D eigenvalue weighted by atomic mass is 16.5. The Hall–Kier alpha value is -0.200. The zero-order chi connectivity index (χ0) is 13.8. The third-order valence-electron chi connectivity index (χ3n) is 3.68. The van der Waals surface area contributed by atoms with E-state index in [1.165, 1.54) is 32.4 Å². The Labute approximate surface area is 118 Å². The highest BCUT2D eigenvalue weighted by molar-refractivity contribution is 4.63. The molecule has 0 aromatic heterocycles. The van der Waals surface area contributed by atoms with E-state index in [9.17, 15) is 0 Å². The van der Waals surface area contributed by atoms with E-state index >= 15 is 0 Å². The lowest BCUT2D eigenvalue weighted by atomic mass is 10.1. The van der Waals surface area contributed by atoms with Gasteiger partial charge in [0, 0.05) is 26.2 Å². The average Bonchev–Trinajstić information content (AvgIpc) is 2.48. The van der Waals surface area contributed by atoms with Gasteiger partial charge in [-0.3, -0.25) is 4.90 Å². The molecule has 0 amide bonds. The summed E-state index contributed by atoms with van der Waals surface area (Å²) < 4.78 is 5.21. The van der Waals surface area contributed by atoms with Crippen molar-refractivity contribution in [3.63, 3.8) is 0 Å². The first-order valence-electron chi connectivity index (χ1n) is 7.79. The molecule has 2 aliphatic rings. The summed E-state index contributed by atoms with van der Waals surface area (Å²) in [6.45, 7) is 10.4. The van der Waals surface area contributed by atoms with Crippen LogP contribution in [0.3, 0.4) is 0 Å². The largest absolute Gasteiger partial charge is 0.379 e. The molecule has 0 radical (unpaired) electrons. The summed E-state index contributed by atoms with van der Waals surface area (Å²) in [5.41, 5.74) is 10.8. The summed E-state index contributed by atoms with van der Waals surface area (Å²) in [6.07, 6.45) is 5.28. The van der Waals surface area contributed by atoms with Crippen LogP contribution in [-0.2, 0) is 4.74 Å². The Morgan fingerprint density at radius 3 is 1.95 bits per heavy atom. The van der Waals surface area contributed by atoms with Gasteiger partial charge in [-0.25, -0.2) is 0 Å². The van der Waals surface area contributed by atoms with Crippen LogP contribution in [0.4, 0.5) is 0 Å². The first-order chi connectivity index (χ1) is 9.36. The van der Waals surface area contributed by atoms with Crippen LogP contribution in [0.2, 0.25) is 0 Å². The van der Waals surface area contributed by atoms with Crippen LogP contribution < -0.4 is 11.5 Å². The van der Waals surface area contributed by atoms with Gasteiger partial charge in [0.05, 0.1) is 13.2 Å². The van der Waals surface area contributed by atoms with Gasteiger partial charge in [0.15, 0.2) is 0 Å². The van der Waals surface area contributed by atoms with Gasteiger partial charge in [-0.1, -0.05) is 6.42 Å². The van der Waals surface area contributed by atoms with E-state index in [2.05, 4.69) is 9.80 Å². The number of rotatable bonds is 5. The molecule has 0 aliphatic carbocycles. The minimum absolute atomic E-state index is 0.803. The van der Waals surface area contributed by atoms with E-state index in [4.69, 9.17) is 16.2 Å². The Morgan fingerprint density at radius 1 is 0.737 bits per heavy atom. The first kappa shape index (κ1) is 16.9. The molecule has 0 aromatic carbocycles. The first-order valence-corrected chi connectivity index (χ1v) is 7.79. The van der Waals surface area contributed by atoms with Crippen LogP contribution in [0.15, 0.2) is 0 Å². The van der Waals surface area contributed by atoms with Gasteiger partial charge in [-0.15, -0.1) is 0 Å². The number of hydrogen-bond donors (Lipinski definition) is 2. The molecule has 2 aliphatic heterocycles. The minimum Gasteiger partial charge on any atom is -0.379 e. The molecule has 5 nitrogen and oxygen atoms in total. The molecule has 0 bridgehead atoms. The molecular formula is C14H32N4O. The number of ether oxygens (including phenoxy) is 1. The molecule has 0 aromatic rings. The number of nitrogens with two attached hydrogens (primary N) is 2. The Balaban J connectivity index is 0.000000191. The van der Waals surface area contributed by atoms with Crippen molar-refractivity contribution in [2.24, 2.45) is 11.5 Å². The molecule has 0 atom stereocenters. The SMILES string of the molecule is NCCCN1CCOCC1.NCCN1CCCCC1. The van der Waals surface area contributed by atoms with E-state index in [1.54, 1.807) is 0 Å². The summed E-state index contributed by atoms with van der Waals surface area (Å²) in [5.74, 6) is 0. The van der Waals surface area contributed by atoms with Crippen LogP contribution in [0.1, 0.15) is 25.7 Å². The van der Waals surface area contributed by atoms with E-state index in [1.807, 2.05) is 0 Å². The second kappa shape index (κ2) is 11.6. The van der Waals surface area contributed by atoms with Gasteiger partial charge in [-0.2, -0.15) is 0 Å². The van der Waals surface area contributed by atoms with Gasteiger partial charge >= 0.3 is 0 Å². The fourth-order valence-corrected chi connectivity index (χ4v) is 2.51. The number of likely N-dealkylation sites (tertiary alicyclic amines) is 1. The summed E-state index contributed by atoms with van der Waals surface area (Å²) in [5, 5.41) is 0. The predicted octanol–water partition coefficient (Wildman–Crippen LogP) is 0.0984. The third kappa shape index (κ3) is 8.55. The molecule has 5 heteroatoms. The van der Waals surface area contributed by atoms with E-state index in [0.29, 0.717) is 0 Å². The third-order valence-corrected chi connectivity index (χ3v) is 3.68. The summed E-state index contributed by atoms with van der Waals surface area (Å²) >= 11 is 0. The van der Waals surface area contributed by atoms with Crippen LogP contribution in [0.25, 0.3) is 0 Å². The fourth-order valence-electron chi connectivity index (χ4n) is 2.51. The highest BCUT2D eigenvalue weighted by Gasteiger charge is 2.08. The summed E-state index contributed by atoms with van der Waals surface area (Å²) in [7, 11) is 0. The normalized spacial score (nSPS) is 21.8. The topological polar surface area (TPSA) is 67.7 Å². The molecule has 2 heterocycles. The van der Waals surface area contributed by atoms with Gasteiger partial charge < -0.3 is 21.1 Å². The van der Waals surface area contributed by atoms with Gasteiger partial charge in [0.25, 0.3) is 0 Å². The van der Waals surface area contributed by atoms with Crippen molar-refractivity contribution in [1.82, 2.24) is 9.80 Å². The molecule has 2 fully saturated rings. The molecule has 114 valence electrons. The zero-order valence-electron chi connectivity index (χ0n) is 12.4.